The van der Waals surface area contributed by atoms with Gasteiger partial charge in [0.15, 0.2) is 11.6 Å². The van der Waals surface area contributed by atoms with Crippen LogP contribution in [0.25, 0.3) is 0 Å². The highest BCUT2D eigenvalue weighted by atomic mass is 19.1. The Bertz CT molecular complexity index is 357. The van der Waals surface area contributed by atoms with Crippen LogP contribution in [0, 0.1) is 18.2 Å². The predicted octanol–water partition coefficient (Wildman–Crippen LogP) is 1.95. The van der Waals surface area contributed by atoms with Gasteiger partial charge in [-0.1, -0.05) is 12.1 Å². The first kappa shape index (κ1) is 11.5. The molecule has 1 aromatic rings. The van der Waals surface area contributed by atoms with Gasteiger partial charge in [0.1, 0.15) is 0 Å². The number of hydrogen-bond donors (Lipinski definition) is 1. The van der Waals surface area contributed by atoms with Crippen LogP contribution >= 0.6 is 0 Å². The average molecular weight is 207 g/mol. The van der Waals surface area contributed by atoms with E-state index in [9.17, 15) is 4.39 Å². The van der Waals surface area contributed by atoms with Crippen molar-refractivity contribution in [3.05, 3.63) is 29.6 Å². The molecule has 80 valence electrons. The molecule has 0 heterocycles. The number of para-hydroxylation sites is 1. The average Bonchev–Trinajstić information content (AvgIpc) is 2.23. The Morgan fingerprint density at radius 3 is 3.00 bits per heavy atom. The molecule has 0 spiro atoms. The molecule has 0 radical (unpaired) electrons. The zero-order valence-electron chi connectivity index (χ0n) is 8.72. The summed E-state index contributed by atoms with van der Waals surface area (Å²) >= 11 is 0. The number of rotatable bonds is 5. The van der Waals surface area contributed by atoms with Crippen LogP contribution in [0.4, 0.5) is 4.39 Å². The van der Waals surface area contributed by atoms with E-state index in [0.29, 0.717) is 25.3 Å². The summed E-state index contributed by atoms with van der Waals surface area (Å²) in [7, 11) is 1.80. The minimum absolute atomic E-state index is 0.294. The van der Waals surface area contributed by atoms with Gasteiger partial charge in [0, 0.05) is 18.5 Å². The fourth-order valence-electron chi connectivity index (χ4n) is 1.26. The van der Waals surface area contributed by atoms with Crippen LogP contribution in [-0.4, -0.2) is 13.7 Å². The van der Waals surface area contributed by atoms with E-state index >= 15 is 0 Å². The summed E-state index contributed by atoms with van der Waals surface area (Å²) in [5.74, 6) is 2.39. The summed E-state index contributed by atoms with van der Waals surface area (Å²) in [6.07, 6.45) is 5.57. The summed E-state index contributed by atoms with van der Waals surface area (Å²) in [5, 5.41) is 2.96. The van der Waals surface area contributed by atoms with Gasteiger partial charge in [0.2, 0.25) is 0 Å². The van der Waals surface area contributed by atoms with E-state index in [0.717, 1.165) is 5.56 Å². The van der Waals surface area contributed by atoms with E-state index in [-0.39, 0.29) is 5.82 Å². The first-order chi connectivity index (χ1) is 7.29. The quantitative estimate of drug-likeness (QED) is 0.588. The van der Waals surface area contributed by atoms with Gasteiger partial charge in [-0.25, -0.2) is 4.39 Å². The molecule has 3 heteroatoms. The lowest BCUT2D eigenvalue weighted by Gasteiger charge is -2.10. The number of hydrogen-bond acceptors (Lipinski definition) is 2. The molecule has 0 saturated carbocycles. The Morgan fingerprint density at radius 1 is 1.53 bits per heavy atom. The number of ether oxygens (including phenoxy) is 1. The van der Waals surface area contributed by atoms with Crippen LogP contribution in [0.5, 0.6) is 5.75 Å². The molecule has 0 bridgehead atoms. The highest BCUT2D eigenvalue weighted by molar-refractivity contribution is 5.34. The third-order valence-corrected chi connectivity index (χ3v) is 1.91. The SMILES string of the molecule is C#CCCOc1c(F)cccc1CNC. The lowest BCUT2D eigenvalue weighted by atomic mass is 10.2. The molecule has 0 aliphatic carbocycles. The normalized spacial score (nSPS) is 9.67. The molecule has 0 unspecified atom stereocenters. The van der Waals surface area contributed by atoms with Crippen molar-refractivity contribution < 1.29 is 9.13 Å². The monoisotopic (exact) mass is 207 g/mol. The maximum absolute atomic E-state index is 13.4. The molecule has 2 nitrogen and oxygen atoms in total. The van der Waals surface area contributed by atoms with Crippen LogP contribution in [0.3, 0.4) is 0 Å². The molecule has 0 saturated heterocycles. The first-order valence-electron chi connectivity index (χ1n) is 4.78. The van der Waals surface area contributed by atoms with Gasteiger partial charge >= 0.3 is 0 Å². The number of terminal acetylenes is 1. The zero-order chi connectivity index (χ0) is 11.1. The summed E-state index contributed by atoms with van der Waals surface area (Å²) in [6, 6.07) is 4.87. The molecular weight excluding hydrogens is 193 g/mol. The Kier molecular flexibility index (Phi) is 4.65. The molecule has 0 fully saturated rings. The van der Waals surface area contributed by atoms with E-state index < -0.39 is 0 Å². The van der Waals surface area contributed by atoms with Crippen LogP contribution in [0.1, 0.15) is 12.0 Å². The molecule has 1 rings (SSSR count). The smallest absolute Gasteiger partial charge is 0.165 e. The molecule has 0 aliphatic heterocycles. The van der Waals surface area contributed by atoms with Crippen molar-refractivity contribution in [2.45, 2.75) is 13.0 Å². The Morgan fingerprint density at radius 2 is 2.33 bits per heavy atom. The van der Waals surface area contributed by atoms with Gasteiger partial charge in [-0.3, -0.25) is 0 Å². The van der Waals surface area contributed by atoms with Gasteiger partial charge in [-0.05, 0) is 13.1 Å². The molecule has 0 aromatic heterocycles. The predicted molar refractivity (Wildman–Crippen MR) is 58.1 cm³/mol. The molecule has 1 N–H and O–H groups in total. The third kappa shape index (κ3) is 3.26. The highest BCUT2D eigenvalue weighted by Crippen LogP contribution is 2.22. The van der Waals surface area contributed by atoms with Crippen LogP contribution in [-0.2, 0) is 6.54 Å². The topological polar surface area (TPSA) is 21.3 Å². The van der Waals surface area contributed by atoms with Crippen LogP contribution in [0.15, 0.2) is 18.2 Å². The van der Waals surface area contributed by atoms with Crippen molar-refractivity contribution in [1.29, 1.82) is 0 Å². The highest BCUT2D eigenvalue weighted by Gasteiger charge is 2.08. The lowest BCUT2D eigenvalue weighted by molar-refractivity contribution is 0.306. The number of benzene rings is 1. The fourth-order valence-corrected chi connectivity index (χ4v) is 1.26. The van der Waals surface area contributed by atoms with E-state index in [1.807, 2.05) is 6.07 Å². The third-order valence-electron chi connectivity index (χ3n) is 1.91. The van der Waals surface area contributed by atoms with Gasteiger partial charge < -0.3 is 10.1 Å². The Hall–Kier alpha value is -1.53. The van der Waals surface area contributed by atoms with E-state index in [4.69, 9.17) is 11.2 Å². The second-order valence-corrected chi connectivity index (χ2v) is 3.06. The molecule has 0 amide bonds. The van der Waals surface area contributed by atoms with Gasteiger partial charge in [-0.2, -0.15) is 0 Å². The first-order valence-corrected chi connectivity index (χ1v) is 4.78. The standard InChI is InChI=1S/C12H14FNO/c1-3-4-8-15-12-10(9-14-2)6-5-7-11(12)13/h1,5-7,14H,4,8-9H2,2H3. The Balaban J connectivity index is 2.78. The van der Waals surface area contributed by atoms with Crippen LogP contribution in [0.2, 0.25) is 0 Å². The Labute approximate surface area is 89.4 Å². The van der Waals surface area contributed by atoms with Crippen LogP contribution < -0.4 is 10.1 Å². The molecular formula is C12H14FNO. The van der Waals surface area contributed by atoms with E-state index in [1.54, 1.807) is 13.1 Å². The second kappa shape index (κ2) is 6.05. The number of nitrogens with one attached hydrogen (secondary N) is 1. The maximum Gasteiger partial charge on any atom is 0.165 e. The second-order valence-electron chi connectivity index (χ2n) is 3.06. The van der Waals surface area contributed by atoms with Crippen molar-refractivity contribution in [2.24, 2.45) is 0 Å². The largest absolute Gasteiger partial charge is 0.489 e. The van der Waals surface area contributed by atoms with Crippen molar-refractivity contribution in [1.82, 2.24) is 5.32 Å². The van der Waals surface area contributed by atoms with E-state index in [1.165, 1.54) is 6.07 Å². The molecule has 15 heavy (non-hydrogen) atoms. The summed E-state index contributed by atoms with van der Waals surface area (Å²) in [5.41, 5.74) is 0.800. The summed E-state index contributed by atoms with van der Waals surface area (Å²) in [4.78, 5) is 0. The molecule has 0 atom stereocenters. The molecule has 0 aliphatic rings. The van der Waals surface area contributed by atoms with Crippen molar-refractivity contribution in [3.63, 3.8) is 0 Å². The summed E-state index contributed by atoms with van der Waals surface area (Å²) in [6.45, 7) is 0.914. The minimum atomic E-state index is -0.347. The lowest BCUT2D eigenvalue weighted by Crippen LogP contribution is -2.09. The molecule has 1 aromatic carbocycles. The minimum Gasteiger partial charge on any atom is -0.489 e. The zero-order valence-corrected chi connectivity index (χ0v) is 8.72. The fraction of sp³-hybridized carbons (Fsp3) is 0.333. The van der Waals surface area contributed by atoms with Crippen molar-refractivity contribution in [3.8, 4) is 18.1 Å². The number of halogens is 1. The van der Waals surface area contributed by atoms with Gasteiger partial charge in [0.25, 0.3) is 0 Å². The van der Waals surface area contributed by atoms with Crippen molar-refractivity contribution >= 4 is 0 Å². The van der Waals surface area contributed by atoms with Gasteiger partial charge in [0.05, 0.1) is 6.61 Å². The van der Waals surface area contributed by atoms with E-state index in [2.05, 4.69) is 11.2 Å². The summed E-state index contributed by atoms with van der Waals surface area (Å²) < 4.78 is 18.7. The van der Waals surface area contributed by atoms with Gasteiger partial charge in [-0.15, -0.1) is 12.3 Å². The van der Waals surface area contributed by atoms with Crippen molar-refractivity contribution in [2.75, 3.05) is 13.7 Å². The maximum atomic E-state index is 13.4.